The van der Waals surface area contributed by atoms with Crippen LogP contribution < -0.4 is 5.73 Å². The predicted molar refractivity (Wildman–Crippen MR) is 59.9 cm³/mol. The summed E-state index contributed by atoms with van der Waals surface area (Å²) in [7, 11) is 0. The fourth-order valence-electron chi connectivity index (χ4n) is 2.14. The fourth-order valence-corrected chi connectivity index (χ4v) is 2.14. The van der Waals surface area contributed by atoms with Crippen molar-refractivity contribution >= 4 is 11.9 Å². The molecule has 1 rings (SSSR count). The van der Waals surface area contributed by atoms with Crippen LogP contribution in [0, 0.1) is 0 Å². The Kier molecular flexibility index (Phi) is 3.91. The monoisotopic (exact) mass is 228 g/mol. The van der Waals surface area contributed by atoms with Crippen molar-refractivity contribution in [2.75, 3.05) is 6.54 Å². The Bertz CT molecular complexity index is 283. The summed E-state index contributed by atoms with van der Waals surface area (Å²) < 4.78 is 0. The lowest BCUT2D eigenvalue weighted by atomic mass is 9.96. The zero-order valence-corrected chi connectivity index (χ0v) is 9.90. The molecule has 0 bridgehead atoms. The third-order valence-electron chi connectivity index (χ3n) is 3.11. The van der Waals surface area contributed by atoms with E-state index in [4.69, 9.17) is 10.8 Å². The van der Waals surface area contributed by atoms with Crippen molar-refractivity contribution in [1.29, 1.82) is 0 Å². The van der Waals surface area contributed by atoms with Gasteiger partial charge in [-0.3, -0.25) is 9.59 Å². The number of carboxylic acids is 1. The molecule has 1 aliphatic rings. The molecule has 0 atom stereocenters. The molecule has 0 aromatic carbocycles. The maximum absolute atomic E-state index is 12.2. The molecule has 0 spiro atoms. The number of hydrogen-bond acceptors (Lipinski definition) is 3. The molecule has 1 saturated carbocycles. The van der Waals surface area contributed by atoms with Crippen molar-refractivity contribution < 1.29 is 14.7 Å². The highest BCUT2D eigenvalue weighted by atomic mass is 16.4. The quantitative estimate of drug-likeness (QED) is 0.737. The molecule has 3 N–H and O–H groups in total. The number of nitrogens with zero attached hydrogens (tertiary/aromatic N) is 1. The largest absolute Gasteiger partial charge is 0.480 e. The molecule has 92 valence electrons. The van der Waals surface area contributed by atoms with E-state index in [1.165, 1.54) is 4.90 Å². The first-order valence-electron chi connectivity index (χ1n) is 5.68. The Morgan fingerprint density at radius 1 is 1.38 bits per heavy atom. The van der Waals surface area contributed by atoms with Gasteiger partial charge in [0.15, 0.2) is 0 Å². The molecule has 16 heavy (non-hydrogen) atoms. The second-order valence-corrected chi connectivity index (χ2v) is 4.78. The predicted octanol–water partition coefficient (Wildman–Crippen LogP) is 0.579. The van der Waals surface area contributed by atoms with Crippen LogP contribution in [0.15, 0.2) is 0 Å². The van der Waals surface area contributed by atoms with Gasteiger partial charge in [0, 0.05) is 6.04 Å². The number of nitrogens with two attached hydrogens (primary N) is 1. The Balaban J connectivity index is 2.77. The minimum Gasteiger partial charge on any atom is -0.480 e. The number of carbonyl (C=O) groups is 2. The van der Waals surface area contributed by atoms with E-state index in [2.05, 4.69) is 0 Å². The minimum absolute atomic E-state index is 0.135. The van der Waals surface area contributed by atoms with Crippen LogP contribution in [0.2, 0.25) is 0 Å². The molecule has 5 nitrogen and oxygen atoms in total. The van der Waals surface area contributed by atoms with Crippen LogP contribution in [-0.4, -0.2) is 40.0 Å². The van der Waals surface area contributed by atoms with Crippen molar-refractivity contribution in [3.05, 3.63) is 0 Å². The minimum atomic E-state index is -0.997. The summed E-state index contributed by atoms with van der Waals surface area (Å²) in [6.45, 7) is 3.34. The molecule has 0 aromatic rings. The van der Waals surface area contributed by atoms with Gasteiger partial charge in [-0.15, -0.1) is 0 Å². The van der Waals surface area contributed by atoms with Gasteiger partial charge in [-0.05, 0) is 26.7 Å². The number of rotatable bonds is 4. The fraction of sp³-hybridized carbons (Fsp3) is 0.818. The van der Waals surface area contributed by atoms with Gasteiger partial charge in [0.1, 0.15) is 6.54 Å². The molecule has 1 amide bonds. The Labute approximate surface area is 95.6 Å². The topological polar surface area (TPSA) is 83.6 Å². The van der Waals surface area contributed by atoms with Crippen LogP contribution in [0.5, 0.6) is 0 Å². The zero-order valence-electron chi connectivity index (χ0n) is 9.90. The summed E-state index contributed by atoms with van der Waals surface area (Å²) in [6.07, 6.45) is 3.21. The van der Waals surface area contributed by atoms with Crippen LogP contribution >= 0.6 is 0 Å². The van der Waals surface area contributed by atoms with Crippen molar-refractivity contribution in [1.82, 2.24) is 4.90 Å². The highest BCUT2D eigenvalue weighted by Crippen LogP contribution is 2.29. The molecule has 0 radical (unpaired) electrons. The number of amides is 1. The van der Waals surface area contributed by atoms with Crippen LogP contribution in [0.1, 0.15) is 39.5 Å². The molecule has 0 aromatic heterocycles. The highest BCUT2D eigenvalue weighted by molar-refractivity contribution is 5.89. The number of aliphatic carboxylic acids is 1. The molecular weight excluding hydrogens is 208 g/mol. The first-order valence-corrected chi connectivity index (χ1v) is 5.68. The molecule has 0 aliphatic heterocycles. The van der Waals surface area contributed by atoms with Gasteiger partial charge < -0.3 is 15.7 Å². The molecule has 1 aliphatic carbocycles. The SMILES string of the molecule is CC(C)N(CC(=O)O)C(=O)C1(N)CCCC1. The summed E-state index contributed by atoms with van der Waals surface area (Å²) in [6, 6.07) is -0.135. The summed E-state index contributed by atoms with van der Waals surface area (Å²) in [4.78, 5) is 24.2. The summed E-state index contributed by atoms with van der Waals surface area (Å²) in [5.41, 5.74) is 5.20. The normalized spacial score (nSPS) is 18.8. The number of carboxylic acid groups (broad SMARTS) is 1. The van der Waals surface area contributed by atoms with E-state index in [1.807, 2.05) is 0 Å². The Hall–Kier alpha value is -1.10. The van der Waals surface area contributed by atoms with E-state index in [0.717, 1.165) is 12.8 Å². The smallest absolute Gasteiger partial charge is 0.323 e. The first-order chi connectivity index (χ1) is 7.37. The van der Waals surface area contributed by atoms with Crippen molar-refractivity contribution in [3.8, 4) is 0 Å². The van der Waals surface area contributed by atoms with E-state index in [0.29, 0.717) is 12.8 Å². The molecule has 0 unspecified atom stereocenters. The summed E-state index contributed by atoms with van der Waals surface area (Å²) >= 11 is 0. The van der Waals surface area contributed by atoms with E-state index < -0.39 is 11.5 Å². The lowest BCUT2D eigenvalue weighted by molar-refractivity contribution is -0.148. The molecule has 0 saturated heterocycles. The molecule has 5 heteroatoms. The van der Waals surface area contributed by atoms with Crippen molar-refractivity contribution in [3.63, 3.8) is 0 Å². The molecule has 1 fully saturated rings. The Morgan fingerprint density at radius 3 is 2.25 bits per heavy atom. The van der Waals surface area contributed by atoms with Gasteiger partial charge in [0.2, 0.25) is 5.91 Å². The first kappa shape index (κ1) is 13.0. The average Bonchev–Trinajstić information content (AvgIpc) is 2.61. The molecule has 0 heterocycles. The van der Waals surface area contributed by atoms with E-state index in [-0.39, 0.29) is 18.5 Å². The van der Waals surface area contributed by atoms with Gasteiger partial charge in [-0.25, -0.2) is 0 Å². The van der Waals surface area contributed by atoms with Crippen LogP contribution in [-0.2, 0) is 9.59 Å². The van der Waals surface area contributed by atoms with E-state index >= 15 is 0 Å². The van der Waals surface area contributed by atoms with Crippen LogP contribution in [0.3, 0.4) is 0 Å². The summed E-state index contributed by atoms with van der Waals surface area (Å²) in [5.74, 6) is -1.22. The van der Waals surface area contributed by atoms with Crippen LogP contribution in [0.25, 0.3) is 0 Å². The molecular formula is C11H20N2O3. The van der Waals surface area contributed by atoms with Gasteiger partial charge >= 0.3 is 5.97 Å². The van der Waals surface area contributed by atoms with Gasteiger partial charge in [-0.1, -0.05) is 12.8 Å². The average molecular weight is 228 g/mol. The number of carbonyl (C=O) groups excluding carboxylic acids is 1. The Morgan fingerprint density at radius 2 is 1.88 bits per heavy atom. The lowest BCUT2D eigenvalue weighted by Crippen LogP contribution is -2.56. The van der Waals surface area contributed by atoms with E-state index in [1.54, 1.807) is 13.8 Å². The lowest BCUT2D eigenvalue weighted by Gasteiger charge is -2.33. The second kappa shape index (κ2) is 4.82. The second-order valence-electron chi connectivity index (χ2n) is 4.78. The maximum atomic E-state index is 12.2. The van der Waals surface area contributed by atoms with Crippen molar-refractivity contribution in [2.24, 2.45) is 5.73 Å². The van der Waals surface area contributed by atoms with Crippen LogP contribution in [0.4, 0.5) is 0 Å². The van der Waals surface area contributed by atoms with Crippen molar-refractivity contribution in [2.45, 2.75) is 51.1 Å². The van der Waals surface area contributed by atoms with Gasteiger partial charge in [0.25, 0.3) is 0 Å². The summed E-state index contributed by atoms with van der Waals surface area (Å²) in [5, 5.41) is 8.77. The van der Waals surface area contributed by atoms with Gasteiger partial charge in [0.05, 0.1) is 5.54 Å². The third kappa shape index (κ3) is 2.72. The maximum Gasteiger partial charge on any atom is 0.323 e. The highest BCUT2D eigenvalue weighted by Gasteiger charge is 2.40. The zero-order chi connectivity index (χ0) is 12.3. The number of hydrogen-bond donors (Lipinski definition) is 2. The van der Waals surface area contributed by atoms with Gasteiger partial charge in [-0.2, -0.15) is 0 Å². The van der Waals surface area contributed by atoms with E-state index in [9.17, 15) is 9.59 Å². The third-order valence-corrected chi connectivity index (χ3v) is 3.11. The standard InChI is InChI=1S/C11H20N2O3/c1-8(2)13(7-9(14)15)10(16)11(12)5-3-4-6-11/h8H,3-7,12H2,1-2H3,(H,14,15).